The van der Waals surface area contributed by atoms with Gasteiger partial charge in [0.15, 0.2) is 5.76 Å². The van der Waals surface area contributed by atoms with Crippen molar-refractivity contribution in [3.63, 3.8) is 0 Å². The second-order valence-corrected chi connectivity index (χ2v) is 9.94. The maximum Gasteiger partial charge on any atom is 0.269 e. The van der Waals surface area contributed by atoms with E-state index in [1.165, 1.54) is 7.11 Å². The molecule has 0 bridgehead atoms. The highest BCUT2D eigenvalue weighted by Gasteiger charge is 2.50. The lowest BCUT2D eigenvalue weighted by atomic mass is 9.87. The van der Waals surface area contributed by atoms with Crippen LogP contribution in [-0.4, -0.2) is 49.1 Å². The van der Waals surface area contributed by atoms with Gasteiger partial charge in [0.1, 0.15) is 21.7 Å². The minimum atomic E-state index is -1.13. The van der Waals surface area contributed by atoms with Crippen molar-refractivity contribution < 1.29 is 24.2 Å². The zero-order valence-corrected chi connectivity index (χ0v) is 22.2. The molecule has 1 aliphatic heterocycles. The minimum absolute atomic E-state index is 0.0550. The van der Waals surface area contributed by atoms with Crippen molar-refractivity contribution in [1.82, 2.24) is 5.32 Å². The predicted molar refractivity (Wildman–Crippen MR) is 132 cm³/mol. The second kappa shape index (κ2) is 11.0. The van der Waals surface area contributed by atoms with E-state index in [1.807, 2.05) is 18.2 Å². The average molecular weight is 638 g/mol. The Bertz CT molecular complexity index is 979. The van der Waals surface area contributed by atoms with Crippen molar-refractivity contribution >= 4 is 59.4 Å². The largest absolute Gasteiger partial charge is 0.507 e. The molecule has 0 fully saturated rings. The first-order valence-electron chi connectivity index (χ1n) is 9.98. The molecule has 3 rings (SSSR count). The number of aliphatic hydroxyl groups is 1. The Labute approximate surface area is 211 Å². The summed E-state index contributed by atoms with van der Waals surface area (Å²) in [6, 6.07) is 5.88. The number of methoxy groups -OCH3 is 1. The molecule has 4 N–H and O–H groups in total. The molecule has 1 heterocycles. The number of nitrogens with one attached hydrogen (secondary N) is 1. The molecule has 11 heteroatoms. The Balaban J connectivity index is 1.46. The number of allylic oxidation sites excluding steroid dienone is 1. The molecule has 1 aliphatic carbocycles. The van der Waals surface area contributed by atoms with Crippen molar-refractivity contribution in [2.24, 2.45) is 10.9 Å². The Morgan fingerprint density at radius 1 is 1.34 bits per heavy atom. The molecule has 0 aromatic heterocycles. The SMILES string of the molecule is COC1=C(Br)C[C@@]2(CC(C(=O)NCCCOc3ccc(CCN)cc3Br)=NO2)C(O)=C1Br. The normalized spacial score (nSPS) is 20.3. The fourth-order valence-electron chi connectivity index (χ4n) is 3.40. The molecule has 1 aromatic rings. The number of ether oxygens (including phenoxy) is 2. The lowest BCUT2D eigenvalue weighted by Crippen LogP contribution is -2.38. The van der Waals surface area contributed by atoms with Crippen LogP contribution >= 0.6 is 47.8 Å². The minimum Gasteiger partial charge on any atom is -0.507 e. The zero-order valence-electron chi connectivity index (χ0n) is 17.4. The van der Waals surface area contributed by atoms with Gasteiger partial charge in [0.05, 0.1) is 18.2 Å². The monoisotopic (exact) mass is 635 g/mol. The quantitative estimate of drug-likeness (QED) is 0.350. The number of amides is 1. The van der Waals surface area contributed by atoms with E-state index in [4.69, 9.17) is 20.0 Å². The third-order valence-corrected chi connectivity index (χ3v) is 7.07. The maximum absolute atomic E-state index is 12.5. The van der Waals surface area contributed by atoms with Crippen molar-refractivity contribution in [3.05, 3.63) is 48.7 Å². The van der Waals surface area contributed by atoms with Crippen molar-refractivity contribution in [3.8, 4) is 5.75 Å². The molecule has 1 amide bonds. The fourth-order valence-corrected chi connectivity index (χ4v) is 5.79. The number of halogens is 3. The highest BCUT2D eigenvalue weighted by Crippen LogP contribution is 2.47. The first-order valence-corrected chi connectivity index (χ1v) is 12.4. The van der Waals surface area contributed by atoms with Gasteiger partial charge in [-0.25, -0.2) is 0 Å². The van der Waals surface area contributed by atoms with Gasteiger partial charge in [0.2, 0.25) is 5.60 Å². The number of hydrogen-bond donors (Lipinski definition) is 3. The summed E-state index contributed by atoms with van der Waals surface area (Å²) in [6.45, 7) is 1.45. The van der Waals surface area contributed by atoms with Crippen LogP contribution in [0.3, 0.4) is 0 Å². The number of carbonyl (C=O) groups excluding carboxylic acids is 1. The summed E-state index contributed by atoms with van der Waals surface area (Å²) in [6.07, 6.45) is 1.87. The topological polar surface area (TPSA) is 115 Å². The van der Waals surface area contributed by atoms with Crippen LogP contribution in [0.4, 0.5) is 0 Å². The molecule has 2 aliphatic rings. The van der Waals surface area contributed by atoms with E-state index < -0.39 is 5.60 Å². The van der Waals surface area contributed by atoms with Crippen molar-refractivity contribution in [2.45, 2.75) is 31.3 Å². The van der Waals surface area contributed by atoms with Crippen molar-refractivity contribution in [2.75, 3.05) is 26.8 Å². The van der Waals surface area contributed by atoms with E-state index in [2.05, 4.69) is 58.3 Å². The van der Waals surface area contributed by atoms with Crippen LogP contribution < -0.4 is 15.8 Å². The Kier molecular flexibility index (Phi) is 8.65. The standard InChI is InChI=1S/C21H24Br3N3O5/c1-30-18-14(23)10-21(19(28)17(18)24)11-15(27-32-21)20(29)26-7-2-8-31-16-4-3-12(5-6-25)9-13(16)22/h3-4,9,28H,2,5-8,10-11,25H2,1H3,(H,26,29)/t21-/m1/s1. The Hall–Kier alpha value is -1.56. The molecule has 174 valence electrons. The molecule has 32 heavy (non-hydrogen) atoms. The number of oxime groups is 1. The molecule has 1 aromatic carbocycles. The molecule has 1 spiro atoms. The molecular formula is C21H24Br3N3O5. The number of hydrogen-bond acceptors (Lipinski definition) is 7. The van der Waals surface area contributed by atoms with Gasteiger partial charge in [-0.15, -0.1) is 0 Å². The number of aliphatic hydroxyl groups excluding tert-OH is 1. The number of carbonyl (C=O) groups is 1. The zero-order chi connectivity index (χ0) is 23.3. The molecular weight excluding hydrogens is 614 g/mol. The Morgan fingerprint density at radius 3 is 2.81 bits per heavy atom. The summed E-state index contributed by atoms with van der Waals surface area (Å²) in [5.74, 6) is 0.832. The van der Waals surface area contributed by atoms with E-state index in [0.717, 1.165) is 22.2 Å². The summed E-state index contributed by atoms with van der Waals surface area (Å²) in [7, 11) is 1.51. The first kappa shape index (κ1) is 25.1. The van der Waals surface area contributed by atoms with Crippen LogP contribution in [0.25, 0.3) is 0 Å². The van der Waals surface area contributed by atoms with Crippen LogP contribution in [0.15, 0.2) is 48.3 Å². The Morgan fingerprint density at radius 2 is 2.12 bits per heavy atom. The molecule has 0 unspecified atom stereocenters. The summed E-state index contributed by atoms with van der Waals surface area (Å²) >= 11 is 10.3. The predicted octanol–water partition coefficient (Wildman–Crippen LogP) is 4.17. The molecule has 8 nitrogen and oxygen atoms in total. The number of nitrogens with two attached hydrogens (primary N) is 1. The number of benzene rings is 1. The van der Waals surface area contributed by atoms with Gasteiger partial charge in [0, 0.05) is 23.9 Å². The summed E-state index contributed by atoms with van der Waals surface area (Å²) in [4.78, 5) is 18.0. The van der Waals surface area contributed by atoms with Crippen LogP contribution in [0.1, 0.15) is 24.8 Å². The molecule has 1 atom stereocenters. The lowest BCUT2D eigenvalue weighted by molar-refractivity contribution is -0.114. The van der Waals surface area contributed by atoms with E-state index >= 15 is 0 Å². The van der Waals surface area contributed by atoms with Crippen LogP contribution in [0, 0.1) is 0 Å². The molecule has 0 radical (unpaired) electrons. The van der Waals surface area contributed by atoms with Gasteiger partial charge in [-0.2, -0.15) is 0 Å². The maximum atomic E-state index is 12.5. The summed E-state index contributed by atoms with van der Waals surface area (Å²) in [5.41, 5.74) is 5.81. The van der Waals surface area contributed by atoms with Gasteiger partial charge in [0.25, 0.3) is 5.91 Å². The highest BCUT2D eigenvalue weighted by atomic mass is 79.9. The average Bonchev–Trinajstić information content (AvgIpc) is 3.18. The van der Waals surface area contributed by atoms with E-state index in [9.17, 15) is 9.90 Å². The van der Waals surface area contributed by atoms with E-state index in [1.54, 1.807) is 0 Å². The van der Waals surface area contributed by atoms with Crippen LogP contribution in [0.2, 0.25) is 0 Å². The smallest absolute Gasteiger partial charge is 0.269 e. The number of rotatable bonds is 9. The van der Waals surface area contributed by atoms with E-state index in [0.29, 0.717) is 47.3 Å². The van der Waals surface area contributed by atoms with Crippen molar-refractivity contribution in [1.29, 1.82) is 0 Å². The van der Waals surface area contributed by atoms with E-state index in [-0.39, 0.29) is 23.8 Å². The number of nitrogens with zero attached hydrogens (tertiary/aromatic N) is 1. The van der Waals surface area contributed by atoms with Gasteiger partial charge in [-0.3, -0.25) is 4.79 Å². The van der Waals surface area contributed by atoms with Gasteiger partial charge >= 0.3 is 0 Å². The van der Waals surface area contributed by atoms with Gasteiger partial charge in [-0.1, -0.05) is 27.2 Å². The van der Waals surface area contributed by atoms with Crippen LogP contribution in [0.5, 0.6) is 5.75 Å². The highest BCUT2D eigenvalue weighted by molar-refractivity contribution is 9.12. The molecule has 0 saturated carbocycles. The second-order valence-electron chi connectivity index (χ2n) is 7.34. The van der Waals surface area contributed by atoms with Gasteiger partial charge < -0.3 is 30.5 Å². The van der Waals surface area contributed by atoms with Crippen LogP contribution in [-0.2, 0) is 20.8 Å². The first-order chi connectivity index (χ1) is 15.3. The third kappa shape index (κ3) is 5.49. The summed E-state index contributed by atoms with van der Waals surface area (Å²) < 4.78 is 13.0. The third-order valence-electron chi connectivity index (χ3n) is 5.07. The molecule has 0 saturated heterocycles. The van der Waals surface area contributed by atoms with Gasteiger partial charge in [-0.05, 0) is 68.9 Å². The fraction of sp³-hybridized carbons (Fsp3) is 0.429. The summed E-state index contributed by atoms with van der Waals surface area (Å²) in [5, 5.41) is 17.4. The lowest BCUT2D eigenvalue weighted by Gasteiger charge is -2.31.